The molecule has 3 heteroatoms. The zero-order valence-electron chi connectivity index (χ0n) is 11.7. The molecule has 1 fully saturated rings. The lowest BCUT2D eigenvalue weighted by atomic mass is 9.87. The third-order valence-electron chi connectivity index (χ3n) is 3.99. The zero-order valence-corrected chi connectivity index (χ0v) is 11.7. The van der Waals surface area contributed by atoms with Gasteiger partial charge in [0.05, 0.1) is 5.41 Å². The highest BCUT2D eigenvalue weighted by molar-refractivity contribution is 5.73. The van der Waals surface area contributed by atoms with Gasteiger partial charge in [-0.3, -0.25) is 4.79 Å². The molecule has 0 aromatic heterocycles. The molecule has 0 aliphatic carbocycles. The third kappa shape index (κ3) is 4.30. The Morgan fingerprint density at radius 2 is 2.00 bits per heavy atom. The van der Waals surface area contributed by atoms with Crippen molar-refractivity contribution in [2.24, 2.45) is 11.3 Å². The van der Waals surface area contributed by atoms with Gasteiger partial charge in [-0.25, -0.2) is 0 Å². The van der Waals surface area contributed by atoms with E-state index in [1.807, 2.05) is 13.8 Å². The highest BCUT2D eigenvalue weighted by Crippen LogP contribution is 2.25. The molecule has 0 amide bonds. The molecule has 0 aromatic carbocycles. The van der Waals surface area contributed by atoms with Crippen LogP contribution in [0.3, 0.4) is 0 Å². The van der Waals surface area contributed by atoms with Crippen molar-refractivity contribution in [2.75, 3.05) is 13.1 Å². The lowest BCUT2D eigenvalue weighted by Gasteiger charge is -2.22. The van der Waals surface area contributed by atoms with Crippen LogP contribution in [0.25, 0.3) is 0 Å². The van der Waals surface area contributed by atoms with Crippen LogP contribution in [-0.4, -0.2) is 35.1 Å². The van der Waals surface area contributed by atoms with Gasteiger partial charge in [0.2, 0.25) is 0 Å². The van der Waals surface area contributed by atoms with Crippen LogP contribution >= 0.6 is 0 Å². The van der Waals surface area contributed by atoms with Crippen LogP contribution in [0.15, 0.2) is 0 Å². The van der Waals surface area contributed by atoms with Crippen molar-refractivity contribution in [1.29, 1.82) is 0 Å². The molecule has 0 bridgehead atoms. The standard InChI is InChI=1S/C14H27NO2/c1-11-9-12(2)15(10-11)8-6-5-7-14(3,4)13(16)17/h11-12H,5-10H2,1-4H3,(H,16,17). The normalized spacial score (nSPS) is 26.4. The average Bonchev–Trinajstić information content (AvgIpc) is 2.52. The predicted octanol–water partition coefficient (Wildman–Crippen LogP) is 3.00. The number of hydrogen-bond acceptors (Lipinski definition) is 2. The summed E-state index contributed by atoms with van der Waals surface area (Å²) in [7, 11) is 0. The van der Waals surface area contributed by atoms with Crippen LogP contribution < -0.4 is 0 Å². The van der Waals surface area contributed by atoms with Crippen molar-refractivity contribution in [2.45, 2.75) is 59.4 Å². The van der Waals surface area contributed by atoms with Gasteiger partial charge in [0.1, 0.15) is 0 Å². The van der Waals surface area contributed by atoms with Gasteiger partial charge < -0.3 is 10.0 Å². The number of carboxylic acids is 1. The maximum atomic E-state index is 11.0. The summed E-state index contributed by atoms with van der Waals surface area (Å²) in [4.78, 5) is 13.5. The number of hydrogen-bond donors (Lipinski definition) is 1. The molecule has 1 aliphatic rings. The monoisotopic (exact) mass is 241 g/mol. The fourth-order valence-corrected chi connectivity index (χ4v) is 2.69. The van der Waals surface area contributed by atoms with E-state index < -0.39 is 11.4 Å². The van der Waals surface area contributed by atoms with Crippen LogP contribution in [0.2, 0.25) is 0 Å². The molecule has 1 rings (SSSR count). The predicted molar refractivity (Wildman–Crippen MR) is 70.1 cm³/mol. The summed E-state index contributed by atoms with van der Waals surface area (Å²) in [5.41, 5.74) is -0.566. The summed E-state index contributed by atoms with van der Waals surface area (Å²) in [5.74, 6) is 0.140. The van der Waals surface area contributed by atoms with E-state index in [9.17, 15) is 4.79 Å². The van der Waals surface area contributed by atoms with Gasteiger partial charge in [-0.05, 0) is 52.5 Å². The number of rotatable bonds is 6. The van der Waals surface area contributed by atoms with Gasteiger partial charge in [-0.2, -0.15) is 0 Å². The van der Waals surface area contributed by atoms with E-state index in [1.165, 1.54) is 13.0 Å². The van der Waals surface area contributed by atoms with Crippen LogP contribution in [0.5, 0.6) is 0 Å². The molecule has 100 valence electrons. The smallest absolute Gasteiger partial charge is 0.309 e. The SMILES string of the molecule is CC1CC(C)N(CCCCC(C)(C)C(=O)O)C1. The lowest BCUT2D eigenvalue weighted by molar-refractivity contribution is -0.147. The lowest BCUT2D eigenvalue weighted by Crippen LogP contribution is -2.29. The number of likely N-dealkylation sites (tertiary alicyclic amines) is 1. The highest BCUT2D eigenvalue weighted by atomic mass is 16.4. The minimum absolute atomic E-state index is 0.566. The highest BCUT2D eigenvalue weighted by Gasteiger charge is 2.27. The molecule has 2 unspecified atom stereocenters. The number of nitrogens with zero attached hydrogens (tertiary/aromatic N) is 1. The van der Waals surface area contributed by atoms with Gasteiger partial charge >= 0.3 is 5.97 Å². The Hall–Kier alpha value is -0.570. The first-order chi connectivity index (χ1) is 7.83. The molecule has 1 saturated heterocycles. The molecule has 17 heavy (non-hydrogen) atoms. The minimum Gasteiger partial charge on any atom is -0.481 e. The fourth-order valence-electron chi connectivity index (χ4n) is 2.69. The topological polar surface area (TPSA) is 40.5 Å². The van der Waals surface area contributed by atoms with Crippen LogP contribution in [-0.2, 0) is 4.79 Å². The van der Waals surface area contributed by atoms with Crippen molar-refractivity contribution in [3.8, 4) is 0 Å². The Morgan fingerprint density at radius 1 is 1.35 bits per heavy atom. The summed E-state index contributed by atoms with van der Waals surface area (Å²) in [5, 5.41) is 9.02. The summed E-state index contributed by atoms with van der Waals surface area (Å²) >= 11 is 0. The Kier molecular flexibility index (Phi) is 4.99. The fraction of sp³-hybridized carbons (Fsp3) is 0.929. The molecule has 0 spiro atoms. The molecule has 3 nitrogen and oxygen atoms in total. The van der Waals surface area contributed by atoms with E-state index in [0.29, 0.717) is 6.04 Å². The molecule has 2 atom stereocenters. The first kappa shape index (κ1) is 14.5. The maximum Gasteiger partial charge on any atom is 0.309 e. The molecule has 1 aliphatic heterocycles. The van der Waals surface area contributed by atoms with E-state index in [2.05, 4.69) is 18.7 Å². The van der Waals surface area contributed by atoms with E-state index in [1.54, 1.807) is 0 Å². The van der Waals surface area contributed by atoms with Gasteiger partial charge in [-0.1, -0.05) is 13.3 Å². The molecule has 0 aromatic rings. The zero-order chi connectivity index (χ0) is 13.1. The average molecular weight is 241 g/mol. The summed E-state index contributed by atoms with van der Waals surface area (Å²) in [6, 6.07) is 0.706. The van der Waals surface area contributed by atoms with Crippen molar-refractivity contribution in [3.05, 3.63) is 0 Å². The van der Waals surface area contributed by atoms with Crippen molar-refractivity contribution >= 4 is 5.97 Å². The first-order valence-electron chi connectivity index (χ1n) is 6.80. The maximum absolute atomic E-state index is 11.0. The summed E-state index contributed by atoms with van der Waals surface area (Å²) in [6.07, 6.45) is 4.21. The van der Waals surface area contributed by atoms with Crippen molar-refractivity contribution < 1.29 is 9.90 Å². The van der Waals surface area contributed by atoms with Gasteiger partial charge in [0, 0.05) is 12.6 Å². The molecular formula is C14H27NO2. The second-order valence-electron chi connectivity index (χ2n) is 6.33. The van der Waals surface area contributed by atoms with Crippen molar-refractivity contribution in [1.82, 2.24) is 4.90 Å². The summed E-state index contributed by atoms with van der Waals surface area (Å²) in [6.45, 7) is 10.6. The van der Waals surface area contributed by atoms with Crippen LogP contribution in [0, 0.1) is 11.3 Å². The van der Waals surface area contributed by atoms with Gasteiger partial charge in [-0.15, -0.1) is 0 Å². The quantitative estimate of drug-likeness (QED) is 0.727. The Morgan fingerprint density at radius 3 is 2.47 bits per heavy atom. The van der Waals surface area contributed by atoms with Crippen molar-refractivity contribution in [3.63, 3.8) is 0 Å². The van der Waals surface area contributed by atoms with E-state index in [0.717, 1.165) is 31.7 Å². The van der Waals surface area contributed by atoms with Gasteiger partial charge in [0.15, 0.2) is 0 Å². The molecule has 0 radical (unpaired) electrons. The molecule has 1 N–H and O–H groups in total. The van der Waals surface area contributed by atoms with E-state index in [4.69, 9.17) is 5.11 Å². The molecule has 0 saturated carbocycles. The Bertz CT molecular complexity index is 263. The van der Waals surface area contributed by atoms with Crippen LogP contribution in [0.4, 0.5) is 0 Å². The Balaban J connectivity index is 2.19. The molecule has 1 heterocycles. The van der Waals surface area contributed by atoms with E-state index >= 15 is 0 Å². The van der Waals surface area contributed by atoms with E-state index in [-0.39, 0.29) is 0 Å². The number of carboxylic acid groups (broad SMARTS) is 1. The number of unbranched alkanes of at least 4 members (excludes halogenated alkanes) is 1. The Labute approximate surface area is 105 Å². The van der Waals surface area contributed by atoms with Gasteiger partial charge in [0.25, 0.3) is 0 Å². The summed E-state index contributed by atoms with van der Waals surface area (Å²) < 4.78 is 0. The van der Waals surface area contributed by atoms with Crippen LogP contribution in [0.1, 0.15) is 53.4 Å². The second-order valence-corrected chi connectivity index (χ2v) is 6.33. The first-order valence-corrected chi connectivity index (χ1v) is 6.80. The molecular weight excluding hydrogens is 214 g/mol. The number of carbonyl (C=O) groups is 1. The number of aliphatic carboxylic acids is 1. The second kappa shape index (κ2) is 5.85. The largest absolute Gasteiger partial charge is 0.481 e. The third-order valence-corrected chi connectivity index (χ3v) is 3.99. The minimum atomic E-state index is -0.680.